The van der Waals surface area contributed by atoms with Crippen LogP contribution >= 0.6 is 23.5 Å². The largest absolute Gasteiger partial charge is 0.354 e. The Morgan fingerprint density at radius 3 is 1.28 bits per heavy atom. The maximum absolute atomic E-state index is 14.9. The number of hydrogen-bond acceptors (Lipinski definition) is 10. The highest BCUT2D eigenvalue weighted by atomic mass is 32.2. The fourth-order valence-electron chi connectivity index (χ4n) is 6.41. The second-order valence-corrected chi connectivity index (χ2v) is 13.8. The van der Waals surface area contributed by atoms with Crippen LogP contribution in [0, 0.1) is 0 Å². The number of ketones is 2. The highest BCUT2D eigenvalue weighted by Gasteiger charge is 2.36. The fourth-order valence-corrected chi connectivity index (χ4v) is 8.14. The van der Waals surface area contributed by atoms with Gasteiger partial charge in [0.1, 0.15) is 12.7 Å². The Hall–Kier alpha value is -5.20. The first-order valence-corrected chi connectivity index (χ1v) is 18.3. The molecule has 252 valence electrons. The number of nitrogens with one attached hydrogen (secondary N) is 4. The molecule has 6 aromatic rings. The molecule has 0 radical (unpaired) electrons. The number of hydrogen-bond donors (Lipinski definition) is 4. The molecule has 0 amide bonds. The molecule has 0 saturated heterocycles. The van der Waals surface area contributed by atoms with Crippen molar-refractivity contribution in [2.24, 2.45) is 0 Å². The summed E-state index contributed by atoms with van der Waals surface area (Å²) in [5.41, 5.74) is 9.00. The predicted molar refractivity (Wildman–Crippen MR) is 198 cm³/mol. The minimum atomic E-state index is -0.237. The van der Waals surface area contributed by atoms with Gasteiger partial charge in [0.25, 0.3) is 0 Å². The summed E-state index contributed by atoms with van der Waals surface area (Å²) >= 11 is 2.60. The number of fused-ring (bicyclic) bond motifs is 2. The molecule has 7 rings (SSSR count). The van der Waals surface area contributed by atoms with Crippen LogP contribution in [0.4, 0.5) is 22.7 Å². The molecule has 0 unspecified atom stereocenters. The summed E-state index contributed by atoms with van der Waals surface area (Å²) in [4.78, 5) is 39.8. The third-order valence-corrected chi connectivity index (χ3v) is 10.9. The summed E-state index contributed by atoms with van der Waals surface area (Å²) in [5, 5.41) is 22.1. The van der Waals surface area contributed by atoms with E-state index in [9.17, 15) is 9.59 Å². The Labute approximate surface area is 298 Å². The number of nitrogens with zero attached hydrogens (tertiary/aromatic N) is 4. The van der Waals surface area contributed by atoms with E-state index >= 15 is 0 Å². The van der Waals surface area contributed by atoms with Gasteiger partial charge in [0.2, 0.25) is 10.3 Å². The van der Waals surface area contributed by atoms with Gasteiger partial charge in [-0.1, -0.05) is 64.1 Å². The number of benzene rings is 4. The number of para-hydroxylation sites is 2. The van der Waals surface area contributed by atoms with Crippen molar-refractivity contribution >= 4 is 57.8 Å². The summed E-state index contributed by atoms with van der Waals surface area (Å²) in [6, 6.07) is 19.9. The van der Waals surface area contributed by atoms with Crippen molar-refractivity contribution in [2.75, 3.05) is 10.6 Å². The Morgan fingerprint density at radius 1 is 0.580 bits per heavy atom. The first-order valence-electron chi connectivity index (χ1n) is 16.7. The van der Waals surface area contributed by atoms with E-state index in [0.717, 1.165) is 59.3 Å². The second kappa shape index (κ2) is 14.3. The van der Waals surface area contributed by atoms with Gasteiger partial charge in [-0.3, -0.25) is 19.8 Å². The lowest BCUT2D eigenvalue weighted by Crippen LogP contribution is -2.24. The first-order chi connectivity index (χ1) is 24.4. The monoisotopic (exact) mass is 700 g/mol. The van der Waals surface area contributed by atoms with Gasteiger partial charge in [-0.2, -0.15) is 0 Å². The molecule has 0 aliphatic heterocycles. The molecule has 1 aliphatic carbocycles. The van der Waals surface area contributed by atoms with Gasteiger partial charge < -0.3 is 10.6 Å². The molecule has 0 spiro atoms. The minimum Gasteiger partial charge on any atom is -0.354 e. The lowest BCUT2D eigenvalue weighted by molar-refractivity contribution is 0.0979. The van der Waals surface area contributed by atoms with Crippen LogP contribution < -0.4 is 10.6 Å². The van der Waals surface area contributed by atoms with Crippen molar-refractivity contribution in [3.8, 4) is 0 Å². The molecule has 12 heteroatoms. The van der Waals surface area contributed by atoms with E-state index in [0.29, 0.717) is 53.7 Å². The highest BCUT2D eigenvalue weighted by Crippen LogP contribution is 2.45. The summed E-state index contributed by atoms with van der Waals surface area (Å²) in [6.07, 6.45) is 6.25. The normalized spacial score (nSPS) is 12.2. The summed E-state index contributed by atoms with van der Waals surface area (Å²) in [6.45, 7) is 8.47. The van der Waals surface area contributed by atoms with E-state index < -0.39 is 0 Å². The number of aromatic amines is 2. The van der Waals surface area contributed by atoms with Crippen LogP contribution in [0.1, 0.15) is 81.8 Å². The maximum atomic E-state index is 14.9. The van der Waals surface area contributed by atoms with E-state index in [1.807, 2.05) is 12.1 Å². The van der Waals surface area contributed by atoms with Gasteiger partial charge in [-0.25, -0.2) is 9.97 Å². The average molecular weight is 701 g/mol. The number of rotatable bonds is 12. The van der Waals surface area contributed by atoms with Crippen molar-refractivity contribution in [1.29, 1.82) is 0 Å². The summed E-state index contributed by atoms with van der Waals surface area (Å²) in [5.74, 6) is -0.475. The molecule has 0 fully saturated rings. The highest BCUT2D eigenvalue weighted by molar-refractivity contribution is 8.02. The average Bonchev–Trinajstić information content (AvgIpc) is 3.86. The number of aryl methyl sites for hydroxylation is 4. The van der Waals surface area contributed by atoms with Gasteiger partial charge in [-0.15, -0.1) is 10.2 Å². The van der Waals surface area contributed by atoms with Gasteiger partial charge >= 0.3 is 0 Å². The molecule has 1 aliphatic rings. The third kappa shape index (κ3) is 6.20. The quantitative estimate of drug-likeness (QED) is 0.0978. The Kier molecular flexibility index (Phi) is 9.55. The number of H-pyrrole nitrogens is 2. The topological polar surface area (TPSA) is 141 Å². The van der Waals surface area contributed by atoms with Gasteiger partial charge in [0.05, 0.1) is 22.5 Å². The summed E-state index contributed by atoms with van der Waals surface area (Å²) < 4.78 is 0. The van der Waals surface area contributed by atoms with Gasteiger partial charge in [0, 0.05) is 32.3 Å². The van der Waals surface area contributed by atoms with Crippen LogP contribution in [0.2, 0.25) is 0 Å². The number of aromatic nitrogens is 6. The van der Waals surface area contributed by atoms with Crippen LogP contribution in [-0.2, 0) is 25.7 Å². The van der Waals surface area contributed by atoms with E-state index in [2.05, 4.69) is 105 Å². The Balaban J connectivity index is 1.43. The van der Waals surface area contributed by atoms with E-state index in [4.69, 9.17) is 0 Å². The molecule has 2 heterocycles. The van der Waals surface area contributed by atoms with Crippen molar-refractivity contribution in [3.05, 3.63) is 118 Å². The lowest BCUT2D eigenvalue weighted by atomic mass is 9.82. The van der Waals surface area contributed by atoms with Crippen LogP contribution in [0.25, 0.3) is 0 Å². The predicted octanol–water partition coefficient (Wildman–Crippen LogP) is 8.74. The zero-order valence-electron chi connectivity index (χ0n) is 28.2. The smallest absolute Gasteiger partial charge is 0.213 e. The van der Waals surface area contributed by atoms with Crippen LogP contribution in [0.15, 0.2) is 93.4 Å². The molecule has 0 bridgehead atoms. The SMILES string of the molecule is CCc1cccc(CC)c1Nc1ccc(Nc2c(CC)cccc2CC)c2c1C(=O)c1cc(Sc3nc[nH]n3)c(Sc3nc[nH]n3)cc1C2=O. The number of carbonyl (C=O) groups excluding carboxylic acids is 2. The standard InChI is InChI=1S/C38H36N8O2S2/c1-5-21-11-9-12-22(6-2)33(21)43-27-15-16-28(44-34-23(7-3)13-10-14-24(34)8-4)32-31(27)35(47)25-17-29(49-37-39-19-41-45-37)30(18-26(25)36(32)48)50-38-40-20-42-46-38/h9-20,43-44H,5-8H2,1-4H3,(H,39,41,45)(H,40,42,46). The van der Waals surface area contributed by atoms with Crippen LogP contribution in [0.3, 0.4) is 0 Å². The van der Waals surface area contributed by atoms with Crippen molar-refractivity contribution in [2.45, 2.75) is 73.5 Å². The van der Waals surface area contributed by atoms with E-state index in [1.165, 1.54) is 36.2 Å². The Bertz CT molecular complexity index is 2010. The molecular formula is C38H36N8O2S2. The number of carbonyl (C=O) groups is 2. The zero-order valence-corrected chi connectivity index (χ0v) is 29.8. The molecule has 4 N–H and O–H groups in total. The van der Waals surface area contributed by atoms with Crippen molar-refractivity contribution < 1.29 is 9.59 Å². The molecular weight excluding hydrogens is 665 g/mol. The molecule has 0 atom stereocenters. The molecule has 2 aromatic heterocycles. The van der Waals surface area contributed by atoms with E-state index in [-0.39, 0.29) is 11.6 Å². The first kappa shape index (κ1) is 33.3. The lowest BCUT2D eigenvalue weighted by Gasteiger charge is -2.26. The number of anilines is 4. The molecule has 0 saturated carbocycles. The maximum Gasteiger partial charge on any atom is 0.213 e. The molecule has 4 aromatic carbocycles. The van der Waals surface area contributed by atoms with Crippen LogP contribution in [0.5, 0.6) is 0 Å². The second-order valence-electron chi connectivity index (χ2n) is 11.7. The molecule has 50 heavy (non-hydrogen) atoms. The van der Waals surface area contributed by atoms with Crippen molar-refractivity contribution in [3.63, 3.8) is 0 Å². The van der Waals surface area contributed by atoms with Crippen LogP contribution in [-0.4, -0.2) is 41.9 Å². The fraction of sp³-hybridized carbons (Fsp3) is 0.211. The van der Waals surface area contributed by atoms with Gasteiger partial charge in [-0.05, 0) is 95.7 Å². The van der Waals surface area contributed by atoms with E-state index in [1.54, 1.807) is 12.1 Å². The van der Waals surface area contributed by atoms with Gasteiger partial charge in [0.15, 0.2) is 11.6 Å². The summed E-state index contributed by atoms with van der Waals surface area (Å²) in [7, 11) is 0. The Morgan fingerprint density at radius 2 is 0.960 bits per heavy atom. The third-order valence-electron chi connectivity index (χ3n) is 8.94. The zero-order chi connectivity index (χ0) is 34.8. The van der Waals surface area contributed by atoms with Crippen molar-refractivity contribution in [1.82, 2.24) is 30.4 Å². The molecule has 10 nitrogen and oxygen atoms in total. The minimum absolute atomic E-state index is 0.237.